The van der Waals surface area contributed by atoms with Gasteiger partial charge in [-0.25, -0.2) is 0 Å². The number of benzene rings is 1. The Labute approximate surface area is 118 Å². The number of carbonyl (C=O) groups excluding carboxylic acids is 1. The van der Waals surface area contributed by atoms with Gasteiger partial charge in [-0.15, -0.1) is 0 Å². The van der Waals surface area contributed by atoms with Gasteiger partial charge in [-0.1, -0.05) is 18.5 Å². The van der Waals surface area contributed by atoms with E-state index < -0.39 is 5.54 Å². The Morgan fingerprint density at radius 2 is 1.95 bits per heavy atom. The summed E-state index contributed by atoms with van der Waals surface area (Å²) in [7, 11) is 3.01. The molecule has 0 aromatic heterocycles. The average Bonchev–Trinajstić information content (AvgIpc) is 2.39. The zero-order valence-electron chi connectivity index (χ0n) is 11.5. The Balaban J connectivity index is 3.08. The molecule has 0 aliphatic heterocycles. The summed E-state index contributed by atoms with van der Waals surface area (Å²) in [6.45, 7) is 3.51. The number of nitrogens with two attached hydrogens (primary N) is 1. The van der Waals surface area contributed by atoms with Crippen LogP contribution in [-0.2, 0) is 4.79 Å². The van der Waals surface area contributed by atoms with E-state index in [1.165, 1.54) is 14.2 Å². The van der Waals surface area contributed by atoms with Crippen LogP contribution in [0.2, 0.25) is 5.02 Å². The summed E-state index contributed by atoms with van der Waals surface area (Å²) >= 11 is 6.03. The summed E-state index contributed by atoms with van der Waals surface area (Å²) in [5.74, 6) is 0.638. The third kappa shape index (κ3) is 3.52. The average molecular weight is 287 g/mol. The molecule has 1 aromatic carbocycles. The number of methoxy groups -OCH3 is 2. The van der Waals surface area contributed by atoms with Crippen molar-refractivity contribution < 1.29 is 14.3 Å². The minimum atomic E-state index is -0.947. The number of anilines is 1. The van der Waals surface area contributed by atoms with Gasteiger partial charge in [-0.3, -0.25) is 4.79 Å². The molecule has 3 N–H and O–H groups in total. The summed E-state index contributed by atoms with van der Waals surface area (Å²) in [4.78, 5) is 12.0. The molecule has 0 radical (unpaired) electrons. The first-order valence-electron chi connectivity index (χ1n) is 5.87. The molecule has 0 heterocycles. The smallest absolute Gasteiger partial charge is 0.244 e. The van der Waals surface area contributed by atoms with Crippen molar-refractivity contribution in [1.29, 1.82) is 0 Å². The molecule has 5 nitrogen and oxygen atoms in total. The van der Waals surface area contributed by atoms with E-state index in [0.717, 1.165) is 0 Å². The monoisotopic (exact) mass is 286 g/mol. The Bertz CT molecular complexity index is 475. The summed E-state index contributed by atoms with van der Waals surface area (Å²) in [6.07, 6.45) is 0.519. The molecule has 6 heteroatoms. The molecular weight excluding hydrogens is 268 g/mol. The zero-order chi connectivity index (χ0) is 14.6. The summed E-state index contributed by atoms with van der Waals surface area (Å²) in [5.41, 5.74) is 5.40. The van der Waals surface area contributed by atoms with E-state index in [1.54, 1.807) is 19.1 Å². The van der Waals surface area contributed by atoms with Gasteiger partial charge in [-0.05, 0) is 19.4 Å². The molecule has 0 fully saturated rings. The molecule has 19 heavy (non-hydrogen) atoms. The topological polar surface area (TPSA) is 73.6 Å². The minimum absolute atomic E-state index is 0.297. The fourth-order valence-corrected chi connectivity index (χ4v) is 1.62. The number of halogens is 1. The molecule has 1 unspecified atom stereocenters. The lowest BCUT2D eigenvalue weighted by atomic mass is 9.99. The van der Waals surface area contributed by atoms with Gasteiger partial charge in [0.05, 0.1) is 30.5 Å². The predicted molar refractivity (Wildman–Crippen MR) is 76.1 cm³/mol. The Kier molecular flexibility index (Phi) is 5.03. The first-order chi connectivity index (χ1) is 8.85. The third-order valence-corrected chi connectivity index (χ3v) is 3.27. The van der Waals surface area contributed by atoms with Gasteiger partial charge in [0, 0.05) is 6.07 Å². The highest BCUT2D eigenvalue weighted by molar-refractivity contribution is 6.32. The van der Waals surface area contributed by atoms with Crippen LogP contribution in [0.3, 0.4) is 0 Å². The molecule has 1 aromatic rings. The number of ether oxygens (including phenoxy) is 2. The summed E-state index contributed by atoms with van der Waals surface area (Å²) < 4.78 is 10.3. The molecule has 0 aliphatic rings. The van der Waals surface area contributed by atoms with Crippen molar-refractivity contribution in [3.05, 3.63) is 17.2 Å². The van der Waals surface area contributed by atoms with Gasteiger partial charge in [0.1, 0.15) is 11.5 Å². The van der Waals surface area contributed by atoms with E-state index in [-0.39, 0.29) is 5.91 Å². The van der Waals surface area contributed by atoms with Gasteiger partial charge in [-0.2, -0.15) is 0 Å². The van der Waals surface area contributed by atoms with E-state index in [2.05, 4.69) is 5.32 Å². The molecular formula is C13H19ClN2O3. The van der Waals surface area contributed by atoms with Crippen LogP contribution in [-0.4, -0.2) is 25.7 Å². The summed E-state index contributed by atoms with van der Waals surface area (Å²) in [6, 6.07) is 3.18. The molecule has 0 bridgehead atoms. The van der Waals surface area contributed by atoms with Crippen molar-refractivity contribution in [2.75, 3.05) is 19.5 Å². The lowest BCUT2D eigenvalue weighted by molar-refractivity contribution is -0.120. The number of hydrogen-bond donors (Lipinski definition) is 2. The van der Waals surface area contributed by atoms with Crippen LogP contribution in [0.5, 0.6) is 11.5 Å². The normalized spacial score (nSPS) is 13.6. The predicted octanol–water partition coefficient (Wildman–Crippen LogP) is 2.42. The highest BCUT2D eigenvalue weighted by atomic mass is 35.5. The summed E-state index contributed by atoms with van der Waals surface area (Å²) in [5, 5.41) is 3.10. The maximum Gasteiger partial charge on any atom is 0.244 e. The van der Waals surface area contributed by atoms with E-state index >= 15 is 0 Å². The third-order valence-electron chi connectivity index (χ3n) is 2.98. The van der Waals surface area contributed by atoms with Crippen molar-refractivity contribution in [3.8, 4) is 11.5 Å². The Morgan fingerprint density at radius 3 is 2.42 bits per heavy atom. The van der Waals surface area contributed by atoms with Gasteiger partial charge in [0.2, 0.25) is 5.91 Å². The molecule has 0 saturated carbocycles. The quantitative estimate of drug-likeness (QED) is 0.872. The van der Waals surface area contributed by atoms with Crippen molar-refractivity contribution in [3.63, 3.8) is 0 Å². The highest BCUT2D eigenvalue weighted by Crippen LogP contribution is 2.36. The molecule has 0 saturated heterocycles. The van der Waals surface area contributed by atoms with Gasteiger partial charge in [0.15, 0.2) is 0 Å². The van der Waals surface area contributed by atoms with Crippen LogP contribution in [0.4, 0.5) is 5.69 Å². The second-order valence-electron chi connectivity index (χ2n) is 4.41. The highest BCUT2D eigenvalue weighted by Gasteiger charge is 2.27. The van der Waals surface area contributed by atoms with E-state index in [4.69, 9.17) is 26.8 Å². The maximum absolute atomic E-state index is 12.0. The van der Waals surface area contributed by atoms with Crippen molar-refractivity contribution in [1.82, 2.24) is 0 Å². The standard InChI is InChI=1S/C13H19ClN2O3/c1-5-13(2,15)12(17)16-9-6-8(14)10(18-3)7-11(9)19-4/h6-7H,5,15H2,1-4H3,(H,16,17). The lowest BCUT2D eigenvalue weighted by Gasteiger charge is -2.22. The molecule has 1 amide bonds. The fraction of sp³-hybridized carbons (Fsp3) is 0.462. The minimum Gasteiger partial charge on any atom is -0.495 e. The second-order valence-corrected chi connectivity index (χ2v) is 4.82. The molecule has 106 valence electrons. The Hall–Kier alpha value is -1.46. The SMILES string of the molecule is CCC(C)(N)C(=O)Nc1cc(Cl)c(OC)cc1OC. The van der Waals surface area contributed by atoms with Gasteiger partial charge >= 0.3 is 0 Å². The van der Waals surface area contributed by atoms with Gasteiger partial charge in [0.25, 0.3) is 0 Å². The van der Waals surface area contributed by atoms with E-state index in [0.29, 0.717) is 28.6 Å². The Morgan fingerprint density at radius 1 is 1.37 bits per heavy atom. The number of hydrogen-bond acceptors (Lipinski definition) is 4. The van der Waals surface area contributed by atoms with Crippen LogP contribution < -0.4 is 20.5 Å². The molecule has 0 aliphatic carbocycles. The van der Waals surface area contributed by atoms with Crippen LogP contribution in [0.15, 0.2) is 12.1 Å². The number of amides is 1. The number of rotatable bonds is 5. The molecule has 1 atom stereocenters. The van der Waals surface area contributed by atoms with Crippen LogP contribution in [0.1, 0.15) is 20.3 Å². The first-order valence-corrected chi connectivity index (χ1v) is 6.25. The van der Waals surface area contributed by atoms with E-state index in [1.807, 2.05) is 6.92 Å². The first kappa shape index (κ1) is 15.6. The maximum atomic E-state index is 12.0. The van der Waals surface area contributed by atoms with Crippen LogP contribution in [0, 0.1) is 0 Å². The van der Waals surface area contributed by atoms with Crippen molar-refractivity contribution in [2.45, 2.75) is 25.8 Å². The second kappa shape index (κ2) is 6.12. The zero-order valence-corrected chi connectivity index (χ0v) is 12.3. The van der Waals surface area contributed by atoms with Crippen molar-refractivity contribution in [2.24, 2.45) is 5.73 Å². The van der Waals surface area contributed by atoms with Crippen LogP contribution in [0.25, 0.3) is 0 Å². The largest absolute Gasteiger partial charge is 0.495 e. The fourth-order valence-electron chi connectivity index (χ4n) is 1.38. The van der Waals surface area contributed by atoms with Crippen molar-refractivity contribution >= 4 is 23.2 Å². The molecule has 1 rings (SSSR count). The van der Waals surface area contributed by atoms with Gasteiger partial charge < -0.3 is 20.5 Å². The number of carbonyl (C=O) groups is 1. The number of nitrogens with one attached hydrogen (secondary N) is 1. The van der Waals surface area contributed by atoms with Crippen LogP contribution >= 0.6 is 11.6 Å². The molecule has 0 spiro atoms. The lowest BCUT2D eigenvalue weighted by Crippen LogP contribution is -2.47. The van der Waals surface area contributed by atoms with E-state index in [9.17, 15) is 4.79 Å².